The van der Waals surface area contributed by atoms with Crippen molar-refractivity contribution in [1.29, 1.82) is 0 Å². The van der Waals surface area contributed by atoms with Gasteiger partial charge < -0.3 is 13.9 Å². The number of aromatic nitrogens is 2. The van der Waals surface area contributed by atoms with Gasteiger partial charge in [-0.1, -0.05) is 299 Å². The fraction of sp³-hybridized carbons (Fsp3) is 0.548. The van der Waals surface area contributed by atoms with Gasteiger partial charge in [-0.2, -0.15) is 0 Å². The zero-order valence-corrected chi connectivity index (χ0v) is 77.6. The fourth-order valence-electron chi connectivity index (χ4n) is 8.66. The zero-order chi connectivity index (χ0) is 82.2. The predicted octanol–water partition coefficient (Wildman–Crippen LogP) is 26.9. The Labute approximate surface area is 658 Å². The quantitative estimate of drug-likeness (QED) is 0.141. The third-order valence-electron chi connectivity index (χ3n) is 14.3. The van der Waals surface area contributed by atoms with Crippen molar-refractivity contribution in [2.45, 2.75) is 320 Å². The average Bonchev–Trinajstić information content (AvgIpc) is 1.74. The van der Waals surface area contributed by atoms with Gasteiger partial charge in [0.25, 0.3) is 0 Å². The van der Waals surface area contributed by atoms with Crippen LogP contribution < -0.4 is 30.9 Å². The van der Waals surface area contributed by atoms with E-state index in [-0.39, 0.29) is 32.5 Å². The van der Waals surface area contributed by atoms with Crippen LogP contribution in [0.3, 0.4) is 0 Å². The van der Waals surface area contributed by atoms with Gasteiger partial charge in [-0.15, -0.1) is 22.7 Å². The number of benzene rings is 4. The molecule has 0 aliphatic carbocycles. The summed E-state index contributed by atoms with van der Waals surface area (Å²) in [5.41, 5.74) is 11.3. The molecule has 3 aliphatic rings. The predicted molar refractivity (Wildman–Crippen MR) is 470 cm³/mol. The molecule has 0 N–H and O–H groups in total. The molecule has 0 saturated heterocycles. The molecule has 590 valence electrons. The Morgan fingerprint density at radius 3 is 1.32 bits per heavy atom. The third-order valence-corrected chi connectivity index (χ3v) is 19.1. The van der Waals surface area contributed by atoms with Crippen LogP contribution >= 0.6 is 22.7 Å². The molecule has 5 aromatic heterocycles. The summed E-state index contributed by atoms with van der Waals surface area (Å²) >= 11 is 4.19. The van der Waals surface area contributed by atoms with Crippen LogP contribution in [-0.2, 0) is 43.3 Å². The maximum atomic E-state index is 5.31. The largest absolute Gasteiger partial charge is 0.469 e. The summed E-state index contributed by atoms with van der Waals surface area (Å²) in [5, 5.41) is 6.35. The van der Waals surface area contributed by atoms with Crippen molar-refractivity contribution in [3.8, 4) is 11.5 Å². The Hall–Kier alpha value is -6.30. The Bertz CT molecular complexity index is 3730. The maximum Gasteiger partial charge on any atom is 0.130 e. The van der Waals surface area contributed by atoms with E-state index in [2.05, 4.69) is 297 Å². The van der Waals surface area contributed by atoms with E-state index in [1.807, 2.05) is 170 Å². The minimum atomic E-state index is 0.156. The molecule has 3 aliphatic heterocycles. The van der Waals surface area contributed by atoms with Crippen LogP contribution in [0.25, 0.3) is 10.2 Å². The molecule has 0 atom stereocenters. The number of thiophene rings is 1. The second-order valence-electron chi connectivity index (χ2n) is 30.5. The van der Waals surface area contributed by atoms with Crippen LogP contribution in [0.5, 0.6) is 11.5 Å². The van der Waals surface area contributed by atoms with Gasteiger partial charge in [0.1, 0.15) is 19.1 Å². The number of fused-ring (bicyclic) bond motifs is 4. The first kappa shape index (κ1) is 105. The second-order valence-corrected chi connectivity index (χ2v) is 34.4. The van der Waals surface area contributed by atoms with Crippen molar-refractivity contribution in [2.75, 3.05) is 20.1 Å². The first-order valence-electron chi connectivity index (χ1n) is 39.0. The molecule has 0 saturated carbocycles. The molecular weight excluding hydrogens is 1390 g/mol. The Kier molecular flexibility index (Phi) is 53.5. The number of nitrogens with zero attached hydrogens (tertiary/aromatic N) is 6. The molecule has 8 heterocycles. The Morgan fingerprint density at radius 1 is 0.371 bits per heavy atom. The zero-order valence-electron chi connectivity index (χ0n) is 74.3. The van der Waals surface area contributed by atoms with E-state index in [0.29, 0.717) is 45.5 Å². The number of hydrogen-bond donors (Lipinski definition) is 0. The minimum Gasteiger partial charge on any atom is -0.469 e. The number of ether oxygens (including phenoxy) is 2. The molecule has 0 fully saturated rings. The number of thiazole rings is 1. The van der Waals surface area contributed by atoms with Crippen molar-refractivity contribution in [1.82, 2.24) is 9.97 Å². The van der Waals surface area contributed by atoms with E-state index in [9.17, 15) is 0 Å². The Balaban J connectivity index is -0.000000542. The molecule has 12 rings (SSSR count). The number of pyridine rings is 1. The molecule has 9 nitrogen and oxygen atoms in total. The van der Waals surface area contributed by atoms with Crippen molar-refractivity contribution < 1.29 is 13.9 Å². The van der Waals surface area contributed by atoms with Crippen molar-refractivity contribution in [3.63, 3.8) is 0 Å². The van der Waals surface area contributed by atoms with Gasteiger partial charge in [-0.05, 0) is 128 Å². The molecule has 4 aromatic carbocycles. The van der Waals surface area contributed by atoms with Crippen LogP contribution in [-0.4, -0.2) is 44.6 Å². The van der Waals surface area contributed by atoms with E-state index in [0.717, 1.165) is 49.9 Å². The van der Waals surface area contributed by atoms with E-state index in [1.54, 1.807) is 22.0 Å². The van der Waals surface area contributed by atoms with Crippen LogP contribution in [0.2, 0.25) is 0 Å². The van der Waals surface area contributed by atoms with E-state index in [4.69, 9.17) is 13.9 Å². The van der Waals surface area contributed by atoms with Crippen LogP contribution in [0.4, 0.5) is 0 Å². The van der Waals surface area contributed by atoms with Crippen molar-refractivity contribution >= 4 is 47.4 Å². The van der Waals surface area contributed by atoms with E-state index >= 15 is 0 Å². The molecule has 12 heteroatoms. The average molecular weight is 1550 g/mol. The standard InChI is InChI=1S/2C11H14N2.C11H13NS.C11H14O2.C9H13N.C8H12O.C8H12S.C8H12Se.8C2H6/c1-11(2,3)8-4-5-9-10(6-8)13-7-12-9;1-11(2,3)8-5-4-6-9-10(8)13-7-12-9;2*1-11(2,3)8-4-5-9-10(6-8)13-7-12-9;1-9(2,3)8-6-4-5-7-10-8;3*1-8(2,3)7-5-4-6-9-7;8*1-2/h2*4-6H,7H2,1-3H3;4-7H,1-3H3;4-6H,7H2,1-3H3;4-7H,1-3H3;3*4-6H,1-3H3;8*1-2H3. The van der Waals surface area contributed by atoms with Gasteiger partial charge in [-0.3, -0.25) is 25.0 Å². The fourth-order valence-corrected chi connectivity index (χ4v) is 11.9. The molecule has 0 radical (unpaired) electrons. The van der Waals surface area contributed by atoms with Crippen molar-refractivity contribution in [2.24, 2.45) is 20.0 Å². The molecule has 105 heavy (non-hydrogen) atoms. The van der Waals surface area contributed by atoms with Crippen LogP contribution in [0.1, 0.15) is 320 Å². The first-order valence-corrected chi connectivity index (χ1v) is 42.6. The molecular formula is C93H152N6O3S2Se. The summed E-state index contributed by atoms with van der Waals surface area (Å²) in [6, 6.07) is 43.9. The monoisotopic (exact) mass is 1550 g/mol. The van der Waals surface area contributed by atoms with Crippen molar-refractivity contribution in [3.05, 3.63) is 220 Å². The van der Waals surface area contributed by atoms with Gasteiger partial charge in [0.2, 0.25) is 6.79 Å². The van der Waals surface area contributed by atoms with Gasteiger partial charge >= 0.3 is 62.2 Å². The first-order chi connectivity index (χ1) is 49.2. The number of hydrogen-bond acceptors (Lipinski definition) is 11. The maximum absolute atomic E-state index is 5.31. The SMILES string of the molecule is CC.CC.CC.CC.CC.CC.CC.CC.CC(C)(C)c1ccc2c(c1)=NCN=2.CC(C)(C)c1ccc2c(c1)OCO2.CC(C)(C)c1ccc2ncsc2c1.CC(C)(C)c1ccc[se]1.CC(C)(C)c1cccc2c1=NCN=2.CC(C)(C)c1ccccn1.CC(C)(C)c1ccco1.CC(C)(C)c1cccs1. The minimum absolute atomic E-state index is 0.156. The molecule has 0 amide bonds. The smallest absolute Gasteiger partial charge is 0.130 e. The number of rotatable bonds is 0. The summed E-state index contributed by atoms with van der Waals surface area (Å²) in [7, 11) is 0. The number of para-hydroxylation sites is 1. The molecule has 9 aromatic rings. The normalized spacial score (nSPS) is 11.6. The van der Waals surface area contributed by atoms with E-state index < -0.39 is 0 Å². The summed E-state index contributed by atoms with van der Waals surface area (Å²) < 4.78 is 18.6. The second kappa shape index (κ2) is 53.5. The van der Waals surface area contributed by atoms with Gasteiger partial charge in [-0.25, -0.2) is 4.98 Å². The molecule has 0 unspecified atom stereocenters. The summed E-state index contributed by atoms with van der Waals surface area (Å²) in [4.78, 5) is 29.5. The topological polar surface area (TPSA) is 107 Å². The van der Waals surface area contributed by atoms with Crippen LogP contribution in [0.15, 0.2) is 180 Å². The van der Waals surface area contributed by atoms with Crippen LogP contribution in [0, 0.1) is 0 Å². The van der Waals surface area contributed by atoms with Gasteiger partial charge in [0, 0.05) is 27.6 Å². The third kappa shape index (κ3) is 41.0. The summed E-state index contributed by atoms with van der Waals surface area (Å²) in [6.45, 7) is 86.4. The summed E-state index contributed by atoms with van der Waals surface area (Å²) in [5.74, 6) is 2.77. The summed E-state index contributed by atoms with van der Waals surface area (Å²) in [6.07, 6.45) is 3.54. The number of furan rings is 1. The van der Waals surface area contributed by atoms with E-state index in [1.165, 1.54) is 31.8 Å². The molecule has 0 spiro atoms. The Morgan fingerprint density at radius 2 is 0.895 bits per heavy atom. The van der Waals surface area contributed by atoms with Gasteiger partial charge in [0.15, 0.2) is 11.5 Å². The molecule has 0 bridgehead atoms. The van der Waals surface area contributed by atoms with Gasteiger partial charge in [0.05, 0.1) is 43.4 Å².